The number of benzene rings is 2. The Morgan fingerprint density at radius 1 is 1.15 bits per heavy atom. The van der Waals surface area contributed by atoms with E-state index in [0.29, 0.717) is 25.4 Å². The summed E-state index contributed by atoms with van der Waals surface area (Å²) in [5.41, 5.74) is 2.04. The normalized spacial score (nSPS) is 10.3. The third kappa shape index (κ3) is 6.73. The molecule has 0 aromatic heterocycles. The molecule has 0 atom stereocenters. The molecule has 2 aromatic rings. The van der Waals surface area contributed by atoms with E-state index >= 15 is 0 Å². The topological polar surface area (TPSA) is 71.0 Å². The van der Waals surface area contributed by atoms with E-state index in [1.54, 1.807) is 24.1 Å². The van der Waals surface area contributed by atoms with E-state index in [4.69, 9.17) is 9.47 Å². The first-order chi connectivity index (χ1) is 13.0. The van der Waals surface area contributed by atoms with Crippen LogP contribution in [0.3, 0.4) is 0 Å². The van der Waals surface area contributed by atoms with Crippen LogP contribution in [-0.2, 0) is 6.54 Å². The van der Waals surface area contributed by atoms with Gasteiger partial charge in [-0.3, -0.25) is 0 Å². The Morgan fingerprint density at radius 2 is 1.89 bits per heavy atom. The van der Waals surface area contributed by atoms with Crippen molar-refractivity contribution in [2.75, 3.05) is 27.3 Å². The van der Waals surface area contributed by atoms with Crippen molar-refractivity contribution in [1.29, 1.82) is 0 Å². The minimum atomic E-state index is -0.148. The maximum Gasteiger partial charge on any atom is 0.317 e. The lowest BCUT2D eigenvalue weighted by atomic mass is 10.2. The molecular formula is C21H28N2O4. The molecule has 2 amide bonds. The summed E-state index contributed by atoms with van der Waals surface area (Å²) in [6.45, 7) is 3.66. The zero-order valence-corrected chi connectivity index (χ0v) is 16.2. The number of aromatic hydroxyl groups is 1. The average molecular weight is 372 g/mol. The first-order valence-electron chi connectivity index (χ1n) is 9.04. The van der Waals surface area contributed by atoms with E-state index in [9.17, 15) is 9.90 Å². The molecule has 2 rings (SSSR count). The largest absolute Gasteiger partial charge is 0.504 e. The zero-order valence-electron chi connectivity index (χ0n) is 16.2. The predicted molar refractivity (Wildman–Crippen MR) is 105 cm³/mol. The number of carbonyl (C=O) groups excluding carboxylic acids is 1. The van der Waals surface area contributed by atoms with Gasteiger partial charge in [-0.2, -0.15) is 0 Å². The summed E-state index contributed by atoms with van der Waals surface area (Å²) in [4.78, 5) is 13.7. The highest BCUT2D eigenvalue weighted by atomic mass is 16.5. The van der Waals surface area contributed by atoms with Gasteiger partial charge in [0, 0.05) is 20.1 Å². The van der Waals surface area contributed by atoms with Gasteiger partial charge >= 0.3 is 6.03 Å². The molecule has 0 unspecified atom stereocenters. The van der Waals surface area contributed by atoms with Crippen LogP contribution in [0.1, 0.15) is 24.0 Å². The molecule has 2 aromatic carbocycles. The standard InChI is InChI=1S/C21H28N2O4/c1-16-6-9-18(10-7-16)27-13-5-4-12-22-21(25)23(2)15-17-8-11-20(26-3)19(24)14-17/h6-11,14,24H,4-5,12-13,15H2,1-3H3,(H,22,25). The number of phenolic OH excluding ortho intramolecular Hbond substituents is 1. The molecule has 0 radical (unpaired) electrons. The first kappa shape index (κ1) is 20.4. The van der Waals surface area contributed by atoms with Crippen molar-refractivity contribution in [3.8, 4) is 17.2 Å². The fraction of sp³-hybridized carbons (Fsp3) is 0.381. The van der Waals surface area contributed by atoms with Crippen LogP contribution in [0.25, 0.3) is 0 Å². The Hall–Kier alpha value is -2.89. The van der Waals surface area contributed by atoms with Gasteiger partial charge in [0.1, 0.15) is 5.75 Å². The summed E-state index contributed by atoms with van der Waals surface area (Å²) >= 11 is 0. The van der Waals surface area contributed by atoms with Gasteiger partial charge in [-0.25, -0.2) is 4.79 Å². The SMILES string of the molecule is COc1ccc(CN(C)C(=O)NCCCCOc2ccc(C)cc2)cc1O. The van der Waals surface area contributed by atoms with Crippen molar-refractivity contribution in [3.05, 3.63) is 53.6 Å². The van der Waals surface area contributed by atoms with Crippen LogP contribution in [0.4, 0.5) is 4.79 Å². The average Bonchev–Trinajstić information content (AvgIpc) is 2.66. The van der Waals surface area contributed by atoms with Gasteiger partial charge in [-0.05, 0) is 49.6 Å². The number of methoxy groups -OCH3 is 1. The molecule has 0 aliphatic rings. The number of urea groups is 1. The van der Waals surface area contributed by atoms with Crippen LogP contribution in [0.2, 0.25) is 0 Å². The fourth-order valence-corrected chi connectivity index (χ4v) is 2.56. The quantitative estimate of drug-likeness (QED) is 0.658. The Balaban J connectivity index is 1.63. The van der Waals surface area contributed by atoms with Crippen LogP contribution in [-0.4, -0.2) is 43.3 Å². The molecule has 2 N–H and O–H groups in total. The third-order valence-electron chi connectivity index (χ3n) is 4.15. The molecule has 27 heavy (non-hydrogen) atoms. The van der Waals surface area contributed by atoms with E-state index in [1.807, 2.05) is 37.3 Å². The Morgan fingerprint density at radius 3 is 2.56 bits per heavy atom. The Kier molecular flexibility index (Phi) is 7.79. The van der Waals surface area contributed by atoms with E-state index in [1.165, 1.54) is 12.7 Å². The number of nitrogens with one attached hydrogen (secondary N) is 1. The molecule has 6 heteroatoms. The van der Waals surface area contributed by atoms with Crippen LogP contribution in [0.15, 0.2) is 42.5 Å². The molecule has 0 spiro atoms. The molecule has 0 bridgehead atoms. The van der Waals surface area contributed by atoms with Crippen LogP contribution in [0, 0.1) is 6.92 Å². The fourth-order valence-electron chi connectivity index (χ4n) is 2.56. The van der Waals surface area contributed by atoms with Gasteiger partial charge in [-0.1, -0.05) is 23.8 Å². The van der Waals surface area contributed by atoms with Gasteiger partial charge in [0.05, 0.1) is 13.7 Å². The lowest BCUT2D eigenvalue weighted by Crippen LogP contribution is -2.37. The molecule has 6 nitrogen and oxygen atoms in total. The smallest absolute Gasteiger partial charge is 0.317 e. The summed E-state index contributed by atoms with van der Waals surface area (Å²) in [6.07, 6.45) is 1.71. The molecule has 0 heterocycles. The number of rotatable bonds is 9. The van der Waals surface area contributed by atoms with Crippen LogP contribution in [0.5, 0.6) is 17.2 Å². The summed E-state index contributed by atoms with van der Waals surface area (Å²) in [5.74, 6) is 1.35. The van der Waals surface area contributed by atoms with Crippen molar-refractivity contribution < 1.29 is 19.4 Å². The number of phenols is 1. The number of hydrogen-bond acceptors (Lipinski definition) is 4. The number of amides is 2. The van der Waals surface area contributed by atoms with Gasteiger partial charge in [0.15, 0.2) is 11.5 Å². The summed E-state index contributed by atoms with van der Waals surface area (Å²) in [7, 11) is 3.22. The lowest BCUT2D eigenvalue weighted by Gasteiger charge is -2.18. The summed E-state index contributed by atoms with van der Waals surface area (Å²) < 4.78 is 10.7. The zero-order chi connectivity index (χ0) is 19.6. The van der Waals surface area contributed by atoms with Gasteiger partial charge in [0.2, 0.25) is 0 Å². The molecule has 0 aliphatic carbocycles. The number of hydrogen-bond donors (Lipinski definition) is 2. The van der Waals surface area contributed by atoms with E-state index in [2.05, 4.69) is 5.32 Å². The maximum atomic E-state index is 12.1. The van der Waals surface area contributed by atoms with Crippen molar-refractivity contribution in [2.45, 2.75) is 26.3 Å². The minimum absolute atomic E-state index is 0.0670. The van der Waals surface area contributed by atoms with Gasteiger partial charge < -0.3 is 24.8 Å². The van der Waals surface area contributed by atoms with Crippen molar-refractivity contribution in [1.82, 2.24) is 10.2 Å². The van der Waals surface area contributed by atoms with Crippen molar-refractivity contribution in [3.63, 3.8) is 0 Å². The highest BCUT2D eigenvalue weighted by Gasteiger charge is 2.10. The van der Waals surface area contributed by atoms with Gasteiger partial charge in [-0.15, -0.1) is 0 Å². The number of nitrogens with zero attached hydrogens (tertiary/aromatic N) is 1. The number of unbranched alkanes of at least 4 members (excludes halogenated alkanes) is 1. The number of aryl methyl sites for hydroxylation is 1. The molecular weight excluding hydrogens is 344 g/mol. The predicted octanol–water partition coefficient (Wildman–Crippen LogP) is 3.71. The number of ether oxygens (including phenoxy) is 2. The van der Waals surface area contributed by atoms with Crippen LogP contribution >= 0.6 is 0 Å². The third-order valence-corrected chi connectivity index (χ3v) is 4.15. The minimum Gasteiger partial charge on any atom is -0.504 e. The second-order valence-corrected chi connectivity index (χ2v) is 6.46. The summed E-state index contributed by atoms with van der Waals surface area (Å²) in [5, 5.41) is 12.7. The van der Waals surface area contributed by atoms with Crippen LogP contribution < -0.4 is 14.8 Å². The van der Waals surface area contributed by atoms with E-state index in [0.717, 1.165) is 24.2 Å². The molecule has 0 fully saturated rings. The number of carbonyl (C=O) groups is 1. The van der Waals surface area contributed by atoms with E-state index < -0.39 is 0 Å². The Labute approximate surface area is 160 Å². The van der Waals surface area contributed by atoms with E-state index in [-0.39, 0.29) is 11.8 Å². The van der Waals surface area contributed by atoms with Crippen molar-refractivity contribution in [2.24, 2.45) is 0 Å². The summed E-state index contributed by atoms with van der Waals surface area (Å²) in [6, 6.07) is 12.9. The lowest BCUT2D eigenvalue weighted by molar-refractivity contribution is 0.206. The van der Waals surface area contributed by atoms with Crippen molar-refractivity contribution >= 4 is 6.03 Å². The first-order valence-corrected chi connectivity index (χ1v) is 9.04. The monoisotopic (exact) mass is 372 g/mol. The highest BCUT2D eigenvalue weighted by molar-refractivity contribution is 5.73. The second-order valence-electron chi connectivity index (χ2n) is 6.46. The highest BCUT2D eigenvalue weighted by Crippen LogP contribution is 2.26. The molecule has 0 saturated heterocycles. The molecule has 0 aliphatic heterocycles. The molecule has 146 valence electrons. The maximum absolute atomic E-state index is 12.1. The van der Waals surface area contributed by atoms with Gasteiger partial charge in [0.25, 0.3) is 0 Å². The Bertz CT molecular complexity index is 731. The molecule has 0 saturated carbocycles. The second kappa shape index (κ2) is 10.3.